The van der Waals surface area contributed by atoms with Gasteiger partial charge in [-0.3, -0.25) is 0 Å². The van der Waals surface area contributed by atoms with E-state index in [0.29, 0.717) is 12.4 Å². The Balaban J connectivity index is 1.50. The molecule has 1 aromatic carbocycles. The molecule has 142 valence electrons. The number of rotatable bonds is 8. The number of ether oxygens (including phenoxy) is 1. The van der Waals surface area contributed by atoms with E-state index in [1.165, 1.54) is 10.9 Å². The van der Waals surface area contributed by atoms with Crippen LogP contribution in [0.25, 0.3) is 10.9 Å². The van der Waals surface area contributed by atoms with Crippen molar-refractivity contribution in [3.05, 3.63) is 60.4 Å². The molecule has 6 nitrogen and oxygen atoms in total. The van der Waals surface area contributed by atoms with Crippen molar-refractivity contribution in [3.8, 4) is 5.88 Å². The molecular formula is C21H27N5O. The largest absolute Gasteiger partial charge is 0.481 e. The quantitative estimate of drug-likeness (QED) is 0.366. The maximum Gasteiger partial charge on any atom is 0.212 e. The molecule has 0 atom stereocenters. The molecule has 0 radical (unpaired) electrons. The fraction of sp³-hybridized carbons (Fsp3) is 0.333. The number of methoxy groups -OCH3 is 1. The third kappa shape index (κ3) is 5.23. The number of nitrogens with zero attached hydrogens (tertiary/aromatic N) is 3. The van der Waals surface area contributed by atoms with Gasteiger partial charge in [0.25, 0.3) is 0 Å². The van der Waals surface area contributed by atoms with E-state index in [4.69, 9.17) is 4.74 Å². The van der Waals surface area contributed by atoms with Gasteiger partial charge in [0, 0.05) is 43.6 Å². The number of pyridine rings is 1. The third-order valence-electron chi connectivity index (χ3n) is 4.32. The summed E-state index contributed by atoms with van der Waals surface area (Å²) >= 11 is 0. The first kappa shape index (κ1) is 18.8. The van der Waals surface area contributed by atoms with Gasteiger partial charge in [-0.05, 0) is 36.4 Å². The standard InChI is InChI=1S/C21H27N5O/c1-3-22-21(25-16-17-9-10-20(27-2)24-15-17)23-12-6-13-26-14-11-18-7-4-5-8-19(18)26/h4-5,7-11,14-15H,3,6,12-13,16H2,1-2H3,(H2,22,23,25). The van der Waals surface area contributed by atoms with Gasteiger partial charge in [-0.25, -0.2) is 9.98 Å². The molecule has 0 aliphatic rings. The van der Waals surface area contributed by atoms with Crippen LogP contribution in [0.15, 0.2) is 59.9 Å². The second-order valence-corrected chi connectivity index (χ2v) is 6.25. The van der Waals surface area contributed by atoms with Crippen LogP contribution < -0.4 is 15.4 Å². The van der Waals surface area contributed by atoms with E-state index in [9.17, 15) is 0 Å². The highest BCUT2D eigenvalue weighted by Gasteiger charge is 2.01. The van der Waals surface area contributed by atoms with Gasteiger partial charge in [0.1, 0.15) is 0 Å². The van der Waals surface area contributed by atoms with E-state index in [1.807, 2.05) is 12.1 Å². The fourth-order valence-corrected chi connectivity index (χ4v) is 2.93. The second-order valence-electron chi connectivity index (χ2n) is 6.25. The van der Waals surface area contributed by atoms with E-state index < -0.39 is 0 Å². The van der Waals surface area contributed by atoms with E-state index in [0.717, 1.165) is 37.6 Å². The lowest BCUT2D eigenvalue weighted by Crippen LogP contribution is -2.38. The average Bonchev–Trinajstić information content (AvgIpc) is 3.13. The number of nitrogens with one attached hydrogen (secondary N) is 2. The summed E-state index contributed by atoms with van der Waals surface area (Å²) in [6.07, 6.45) is 4.97. The van der Waals surface area contributed by atoms with Crippen LogP contribution in [0.5, 0.6) is 5.88 Å². The average molecular weight is 365 g/mol. The minimum absolute atomic E-state index is 0.578. The van der Waals surface area contributed by atoms with Gasteiger partial charge in [0.2, 0.25) is 5.88 Å². The van der Waals surface area contributed by atoms with Crippen LogP contribution in [0.2, 0.25) is 0 Å². The van der Waals surface area contributed by atoms with Gasteiger partial charge in [0.05, 0.1) is 13.7 Å². The van der Waals surface area contributed by atoms with E-state index >= 15 is 0 Å². The molecule has 27 heavy (non-hydrogen) atoms. The maximum absolute atomic E-state index is 5.08. The maximum atomic E-state index is 5.08. The molecule has 2 aromatic heterocycles. The predicted molar refractivity (Wildman–Crippen MR) is 110 cm³/mol. The number of para-hydroxylation sites is 1. The number of aliphatic imine (C=N–C) groups is 1. The Hall–Kier alpha value is -3.02. The monoisotopic (exact) mass is 365 g/mol. The molecular weight excluding hydrogens is 338 g/mol. The number of aromatic nitrogens is 2. The zero-order chi connectivity index (χ0) is 18.9. The van der Waals surface area contributed by atoms with Gasteiger partial charge in [-0.2, -0.15) is 0 Å². The van der Waals surface area contributed by atoms with Crippen molar-refractivity contribution in [2.24, 2.45) is 4.99 Å². The first-order valence-corrected chi connectivity index (χ1v) is 9.35. The van der Waals surface area contributed by atoms with Crippen molar-refractivity contribution < 1.29 is 4.74 Å². The van der Waals surface area contributed by atoms with Crippen LogP contribution in [-0.2, 0) is 13.1 Å². The highest BCUT2D eigenvalue weighted by molar-refractivity contribution is 5.80. The lowest BCUT2D eigenvalue weighted by atomic mass is 10.2. The Morgan fingerprint density at radius 3 is 2.81 bits per heavy atom. The molecule has 0 amide bonds. The highest BCUT2D eigenvalue weighted by atomic mass is 16.5. The van der Waals surface area contributed by atoms with Crippen LogP contribution in [0, 0.1) is 0 Å². The van der Waals surface area contributed by atoms with Gasteiger partial charge < -0.3 is 19.9 Å². The molecule has 2 N–H and O–H groups in total. The van der Waals surface area contributed by atoms with Crippen LogP contribution in [0.1, 0.15) is 18.9 Å². The number of hydrogen-bond donors (Lipinski definition) is 2. The molecule has 6 heteroatoms. The minimum atomic E-state index is 0.578. The smallest absolute Gasteiger partial charge is 0.212 e. The van der Waals surface area contributed by atoms with Crippen LogP contribution in [-0.4, -0.2) is 35.7 Å². The summed E-state index contributed by atoms with van der Waals surface area (Å²) in [5.74, 6) is 1.44. The fourth-order valence-electron chi connectivity index (χ4n) is 2.93. The zero-order valence-corrected chi connectivity index (χ0v) is 16.0. The molecule has 0 aliphatic heterocycles. The van der Waals surface area contributed by atoms with Crippen molar-refractivity contribution in [2.75, 3.05) is 20.2 Å². The SMILES string of the molecule is CCNC(=NCc1ccc(OC)nc1)NCCCn1ccc2ccccc21. The molecule has 3 rings (SSSR count). The van der Waals surface area contributed by atoms with Gasteiger partial charge in [-0.15, -0.1) is 0 Å². The summed E-state index contributed by atoms with van der Waals surface area (Å²) in [5, 5.41) is 7.98. The molecule has 0 saturated heterocycles. The summed E-state index contributed by atoms with van der Waals surface area (Å²) in [6, 6.07) is 14.5. The summed E-state index contributed by atoms with van der Waals surface area (Å²) in [6.45, 7) is 5.31. The normalized spacial score (nSPS) is 11.6. The van der Waals surface area contributed by atoms with Crippen molar-refractivity contribution in [3.63, 3.8) is 0 Å². The van der Waals surface area contributed by atoms with Crippen LogP contribution in [0.3, 0.4) is 0 Å². The van der Waals surface area contributed by atoms with Gasteiger partial charge in [0.15, 0.2) is 5.96 Å². The summed E-state index contributed by atoms with van der Waals surface area (Å²) in [7, 11) is 1.61. The first-order valence-electron chi connectivity index (χ1n) is 9.35. The molecule has 0 saturated carbocycles. The van der Waals surface area contributed by atoms with Crippen molar-refractivity contribution >= 4 is 16.9 Å². The zero-order valence-electron chi connectivity index (χ0n) is 16.0. The summed E-state index contributed by atoms with van der Waals surface area (Å²) in [5.41, 5.74) is 2.33. The minimum Gasteiger partial charge on any atom is -0.481 e. The number of hydrogen-bond acceptors (Lipinski definition) is 3. The molecule has 0 unspecified atom stereocenters. The topological polar surface area (TPSA) is 63.5 Å². The predicted octanol–water partition coefficient (Wildman–Crippen LogP) is 3.19. The third-order valence-corrected chi connectivity index (χ3v) is 4.32. The number of fused-ring (bicyclic) bond motifs is 1. The lowest BCUT2D eigenvalue weighted by Gasteiger charge is -2.12. The second kappa shape index (κ2) is 9.62. The van der Waals surface area contributed by atoms with Crippen LogP contribution in [0.4, 0.5) is 0 Å². The first-order chi connectivity index (χ1) is 13.3. The van der Waals surface area contributed by atoms with Crippen molar-refractivity contribution in [1.29, 1.82) is 0 Å². The van der Waals surface area contributed by atoms with Gasteiger partial charge >= 0.3 is 0 Å². The number of aryl methyl sites for hydroxylation is 1. The van der Waals surface area contributed by atoms with E-state index in [1.54, 1.807) is 13.3 Å². The molecule has 2 heterocycles. The number of benzene rings is 1. The molecule has 0 aliphatic carbocycles. The summed E-state index contributed by atoms with van der Waals surface area (Å²) < 4.78 is 7.38. The van der Waals surface area contributed by atoms with Crippen LogP contribution >= 0.6 is 0 Å². The Morgan fingerprint density at radius 2 is 2.04 bits per heavy atom. The van der Waals surface area contributed by atoms with E-state index in [-0.39, 0.29) is 0 Å². The van der Waals surface area contributed by atoms with Gasteiger partial charge in [-0.1, -0.05) is 24.3 Å². The molecule has 0 bridgehead atoms. The van der Waals surface area contributed by atoms with Crippen molar-refractivity contribution in [1.82, 2.24) is 20.2 Å². The molecule has 0 fully saturated rings. The number of guanidine groups is 1. The van der Waals surface area contributed by atoms with Crippen molar-refractivity contribution in [2.45, 2.75) is 26.4 Å². The Kier molecular flexibility index (Phi) is 6.68. The highest BCUT2D eigenvalue weighted by Crippen LogP contribution is 2.15. The Bertz CT molecular complexity index is 870. The van der Waals surface area contributed by atoms with E-state index in [2.05, 4.69) is 68.6 Å². The molecule has 3 aromatic rings. The molecule has 0 spiro atoms. The lowest BCUT2D eigenvalue weighted by molar-refractivity contribution is 0.397. The Labute approximate surface area is 160 Å². The summed E-state index contributed by atoms with van der Waals surface area (Å²) in [4.78, 5) is 8.85. The Morgan fingerprint density at radius 1 is 1.15 bits per heavy atom.